The van der Waals surface area contributed by atoms with Gasteiger partial charge in [0.25, 0.3) is 0 Å². The van der Waals surface area contributed by atoms with Crippen LogP contribution in [-0.2, 0) is 9.53 Å². The molecular formula is C16H32N4O2. The summed E-state index contributed by atoms with van der Waals surface area (Å²) in [5.74, 6) is 1.56. The quantitative estimate of drug-likeness (QED) is 0.438. The van der Waals surface area contributed by atoms with Crippen LogP contribution in [0.15, 0.2) is 4.99 Å². The maximum Gasteiger partial charge on any atom is 0.225 e. The first-order valence-corrected chi connectivity index (χ1v) is 8.20. The van der Waals surface area contributed by atoms with Crippen LogP contribution >= 0.6 is 0 Å². The molecule has 0 saturated carbocycles. The van der Waals surface area contributed by atoms with Crippen molar-refractivity contribution in [2.45, 2.75) is 34.1 Å². The number of rotatable bonds is 6. The van der Waals surface area contributed by atoms with Gasteiger partial charge in [-0.25, -0.2) is 0 Å². The first-order chi connectivity index (χ1) is 10.4. The highest BCUT2D eigenvalue weighted by molar-refractivity contribution is 5.82. The van der Waals surface area contributed by atoms with Crippen molar-refractivity contribution in [1.29, 1.82) is 0 Å². The highest BCUT2D eigenvalue weighted by Crippen LogP contribution is 2.16. The molecule has 0 aromatic rings. The van der Waals surface area contributed by atoms with Gasteiger partial charge >= 0.3 is 0 Å². The van der Waals surface area contributed by atoms with E-state index in [0.29, 0.717) is 19.0 Å². The summed E-state index contributed by atoms with van der Waals surface area (Å²) in [7, 11) is 1.80. The summed E-state index contributed by atoms with van der Waals surface area (Å²) >= 11 is 0. The molecule has 1 aliphatic rings. The number of likely N-dealkylation sites (tertiary alicyclic amines) is 1. The minimum Gasteiger partial charge on any atom is -0.381 e. The molecule has 1 heterocycles. The minimum absolute atomic E-state index is 0.0715. The molecule has 1 atom stereocenters. The Hall–Kier alpha value is -1.30. The molecule has 0 aliphatic carbocycles. The summed E-state index contributed by atoms with van der Waals surface area (Å²) in [4.78, 5) is 18.4. The zero-order valence-corrected chi connectivity index (χ0v) is 14.7. The molecule has 0 spiro atoms. The molecule has 1 amide bonds. The van der Waals surface area contributed by atoms with Crippen molar-refractivity contribution in [3.05, 3.63) is 0 Å². The van der Waals surface area contributed by atoms with Crippen molar-refractivity contribution < 1.29 is 9.53 Å². The zero-order valence-electron chi connectivity index (χ0n) is 14.7. The van der Waals surface area contributed by atoms with Gasteiger partial charge in [-0.15, -0.1) is 0 Å². The van der Waals surface area contributed by atoms with Crippen LogP contribution in [0.2, 0.25) is 0 Å². The van der Waals surface area contributed by atoms with Gasteiger partial charge in [0.2, 0.25) is 5.91 Å². The number of nitrogens with zero attached hydrogens (tertiary/aromatic N) is 2. The third kappa shape index (κ3) is 6.22. The summed E-state index contributed by atoms with van der Waals surface area (Å²) in [6, 6.07) is 0. The number of aliphatic imine (C=N–C) groups is 1. The van der Waals surface area contributed by atoms with E-state index in [2.05, 4.69) is 20.5 Å². The topological polar surface area (TPSA) is 66.0 Å². The lowest BCUT2D eigenvalue weighted by atomic mass is 9.96. The third-order valence-electron chi connectivity index (χ3n) is 3.73. The van der Waals surface area contributed by atoms with Crippen molar-refractivity contribution in [3.8, 4) is 0 Å². The van der Waals surface area contributed by atoms with Crippen LogP contribution in [0.4, 0.5) is 0 Å². The van der Waals surface area contributed by atoms with Crippen LogP contribution in [0.25, 0.3) is 0 Å². The van der Waals surface area contributed by atoms with E-state index < -0.39 is 0 Å². The van der Waals surface area contributed by atoms with E-state index in [1.165, 1.54) is 0 Å². The molecule has 1 saturated heterocycles. The summed E-state index contributed by atoms with van der Waals surface area (Å²) < 4.78 is 5.50. The van der Waals surface area contributed by atoms with Crippen molar-refractivity contribution >= 4 is 11.9 Å². The number of hydrogen-bond donors (Lipinski definition) is 2. The van der Waals surface area contributed by atoms with E-state index in [4.69, 9.17) is 4.74 Å². The Bertz CT molecular complexity index is 377. The molecule has 128 valence electrons. The van der Waals surface area contributed by atoms with E-state index in [0.717, 1.165) is 38.7 Å². The van der Waals surface area contributed by atoms with Crippen LogP contribution in [0.3, 0.4) is 0 Å². The Morgan fingerprint density at radius 1 is 1.32 bits per heavy atom. The largest absolute Gasteiger partial charge is 0.381 e. The second-order valence-corrected chi connectivity index (χ2v) is 6.74. The van der Waals surface area contributed by atoms with Gasteiger partial charge in [-0.2, -0.15) is 0 Å². The number of nitrogens with one attached hydrogen (secondary N) is 2. The van der Waals surface area contributed by atoms with E-state index in [1.54, 1.807) is 7.05 Å². The van der Waals surface area contributed by atoms with E-state index >= 15 is 0 Å². The van der Waals surface area contributed by atoms with Crippen LogP contribution in [-0.4, -0.2) is 63.2 Å². The number of amides is 1. The number of hydrogen-bond acceptors (Lipinski definition) is 3. The van der Waals surface area contributed by atoms with Gasteiger partial charge in [-0.1, -0.05) is 20.8 Å². The maximum absolute atomic E-state index is 11.8. The summed E-state index contributed by atoms with van der Waals surface area (Å²) in [5.41, 5.74) is -0.344. The maximum atomic E-state index is 11.8. The molecular weight excluding hydrogens is 280 g/mol. The van der Waals surface area contributed by atoms with Gasteiger partial charge in [-0.05, 0) is 13.3 Å². The fraction of sp³-hybridized carbons (Fsp3) is 0.875. The molecule has 0 aromatic heterocycles. The predicted molar refractivity (Wildman–Crippen MR) is 90.0 cm³/mol. The van der Waals surface area contributed by atoms with E-state index in [-0.39, 0.29) is 11.3 Å². The molecule has 22 heavy (non-hydrogen) atoms. The minimum atomic E-state index is -0.344. The molecule has 2 N–H and O–H groups in total. The molecule has 1 rings (SSSR count). The second kappa shape index (κ2) is 8.98. The predicted octanol–water partition coefficient (Wildman–Crippen LogP) is 1.08. The van der Waals surface area contributed by atoms with Gasteiger partial charge < -0.3 is 20.3 Å². The van der Waals surface area contributed by atoms with Crippen molar-refractivity contribution in [2.75, 3.05) is 46.4 Å². The van der Waals surface area contributed by atoms with Gasteiger partial charge in [0.15, 0.2) is 5.96 Å². The number of ether oxygens (including phenoxy) is 1. The fourth-order valence-electron chi connectivity index (χ4n) is 2.39. The first kappa shape index (κ1) is 18.7. The molecule has 1 fully saturated rings. The second-order valence-electron chi connectivity index (χ2n) is 6.74. The lowest BCUT2D eigenvalue weighted by molar-refractivity contribution is -0.128. The number of carbonyl (C=O) groups excluding carboxylic acids is 1. The SMILES string of the molecule is CCOCC1CCN(C(=NC)NCCNC(=O)C(C)(C)C)C1. The zero-order chi connectivity index (χ0) is 16.6. The third-order valence-corrected chi connectivity index (χ3v) is 3.73. The monoisotopic (exact) mass is 312 g/mol. The Kier molecular flexibility index (Phi) is 7.65. The summed E-state index contributed by atoms with van der Waals surface area (Å²) in [6.07, 6.45) is 1.14. The number of guanidine groups is 1. The average molecular weight is 312 g/mol. The lowest BCUT2D eigenvalue weighted by Crippen LogP contribution is -2.44. The molecule has 1 aliphatic heterocycles. The Labute approximate surface area is 134 Å². The smallest absolute Gasteiger partial charge is 0.225 e. The van der Waals surface area contributed by atoms with Crippen molar-refractivity contribution in [1.82, 2.24) is 15.5 Å². The van der Waals surface area contributed by atoms with E-state index in [9.17, 15) is 4.79 Å². The van der Waals surface area contributed by atoms with Crippen LogP contribution in [0, 0.1) is 11.3 Å². The molecule has 0 aromatic carbocycles. The van der Waals surface area contributed by atoms with Crippen molar-refractivity contribution in [3.63, 3.8) is 0 Å². The normalized spacial score (nSPS) is 19.4. The summed E-state index contributed by atoms with van der Waals surface area (Å²) in [5, 5.41) is 6.25. The van der Waals surface area contributed by atoms with Crippen molar-refractivity contribution in [2.24, 2.45) is 16.3 Å². The Morgan fingerprint density at radius 3 is 2.59 bits per heavy atom. The first-order valence-electron chi connectivity index (χ1n) is 8.20. The van der Waals surface area contributed by atoms with Gasteiger partial charge in [0.1, 0.15) is 0 Å². The number of carbonyl (C=O) groups is 1. The highest BCUT2D eigenvalue weighted by atomic mass is 16.5. The van der Waals surface area contributed by atoms with Crippen LogP contribution in [0.5, 0.6) is 0 Å². The fourth-order valence-corrected chi connectivity index (χ4v) is 2.39. The van der Waals surface area contributed by atoms with Crippen LogP contribution in [0.1, 0.15) is 34.1 Å². The lowest BCUT2D eigenvalue weighted by Gasteiger charge is -2.22. The molecule has 0 bridgehead atoms. The molecule has 6 heteroatoms. The van der Waals surface area contributed by atoms with Gasteiger partial charge in [-0.3, -0.25) is 9.79 Å². The van der Waals surface area contributed by atoms with E-state index in [1.807, 2.05) is 27.7 Å². The molecule has 0 radical (unpaired) electrons. The van der Waals surface area contributed by atoms with Gasteiger partial charge in [0.05, 0.1) is 6.61 Å². The Balaban J connectivity index is 2.28. The average Bonchev–Trinajstić information content (AvgIpc) is 2.92. The Morgan fingerprint density at radius 2 is 2.00 bits per heavy atom. The van der Waals surface area contributed by atoms with Gasteiger partial charge in [0, 0.05) is 51.2 Å². The highest BCUT2D eigenvalue weighted by Gasteiger charge is 2.25. The summed E-state index contributed by atoms with van der Waals surface area (Å²) in [6.45, 7) is 12.6. The molecule has 1 unspecified atom stereocenters. The van der Waals surface area contributed by atoms with Crippen LogP contribution < -0.4 is 10.6 Å². The molecule has 6 nitrogen and oxygen atoms in total. The standard InChI is InChI=1S/C16H32N4O2/c1-6-22-12-13-7-10-20(11-13)15(17-5)19-9-8-18-14(21)16(2,3)4/h13H,6-12H2,1-5H3,(H,17,19)(H,18,21).